The van der Waals surface area contributed by atoms with Gasteiger partial charge in [0, 0.05) is 42.4 Å². The van der Waals surface area contributed by atoms with Crippen LogP contribution in [0.5, 0.6) is 5.88 Å². The highest BCUT2D eigenvalue weighted by Crippen LogP contribution is 2.24. The molecule has 1 aromatic carbocycles. The van der Waals surface area contributed by atoms with Crippen molar-refractivity contribution in [1.82, 2.24) is 15.6 Å². The normalized spacial score (nSPS) is 13.4. The number of hydrogen-bond acceptors (Lipinski definition) is 5. The van der Waals surface area contributed by atoms with Gasteiger partial charge in [-0.05, 0) is 41.7 Å². The van der Waals surface area contributed by atoms with Gasteiger partial charge in [-0.25, -0.2) is 4.98 Å². The molecule has 2 aromatic rings. The molecule has 0 bridgehead atoms. The lowest BCUT2D eigenvalue weighted by Gasteiger charge is -2.12. The van der Waals surface area contributed by atoms with Crippen LogP contribution in [0, 0.1) is 6.92 Å². The number of amidine groups is 1. The summed E-state index contributed by atoms with van der Waals surface area (Å²) in [5.41, 5.74) is 5.12. The standard InChI is InChI=1S/C26H30N4O3/c1-5-10-33-25-11-17(4)22(16-28-25)20-13-24(32)30-26(29-15-20)21-12-18(8-9-19(21)6-2)14-27-23(31)7-3/h6,8-9,11-13,16H,2,5,7,10,14-15H2,1,3-4H3,(H,27,31)(H,29,30,32). The van der Waals surface area contributed by atoms with Crippen molar-refractivity contribution in [2.75, 3.05) is 13.2 Å². The van der Waals surface area contributed by atoms with Crippen LogP contribution < -0.4 is 15.4 Å². The van der Waals surface area contributed by atoms with Crippen LogP contribution in [0.4, 0.5) is 0 Å². The molecule has 7 heteroatoms. The molecule has 2 amide bonds. The molecule has 7 nitrogen and oxygen atoms in total. The summed E-state index contributed by atoms with van der Waals surface area (Å²) in [4.78, 5) is 33.4. The van der Waals surface area contributed by atoms with Crippen molar-refractivity contribution in [2.45, 2.75) is 40.2 Å². The summed E-state index contributed by atoms with van der Waals surface area (Å²) in [6.45, 7) is 11.0. The van der Waals surface area contributed by atoms with Crippen LogP contribution >= 0.6 is 0 Å². The Kier molecular flexibility index (Phi) is 8.13. The molecule has 1 aliphatic heterocycles. The van der Waals surface area contributed by atoms with Crippen LogP contribution in [-0.4, -0.2) is 35.8 Å². The summed E-state index contributed by atoms with van der Waals surface area (Å²) in [7, 11) is 0. The lowest BCUT2D eigenvalue weighted by Crippen LogP contribution is -2.30. The summed E-state index contributed by atoms with van der Waals surface area (Å²) >= 11 is 0. The molecule has 0 saturated heterocycles. The minimum absolute atomic E-state index is 0.0200. The van der Waals surface area contributed by atoms with Gasteiger partial charge < -0.3 is 15.4 Å². The van der Waals surface area contributed by atoms with Gasteiger partial charge in [0.1, 0.15) is 5.84 Å². The number of rotatable bonds is 9. The molecular formula is C26H30N4O3. The van der Waals surface area contributed by atoms with E-state index < -0.39 is 0 Å². The van der Waals surface area contributed by atoms with Crippen molar-refractivity contribution in [1.29, 1.82) is 0 Å². The Labute approximate surface area is 194 Å². The van der Waals surface area contributed by atoms with E-state index in [0.717, 1.165) is 39.8 Å². The van der Waals surface area contributed by atoms with E-state index in [4.69, 9.17) is 9.73 Å². The third-order valence-electron chi connectivity index (χ3n) is 5.24. The minimum Gasteiger partial charge on any atom is -0.478 e. The lowest BCUT2D eigenvalue weighted by atomic mass is 10.0. The molecule has 0 aliphatic carbocycles. The first-order valence-corrected chi connectivity index (χ1v) is 11.1. The number of aromatic nitrogens is 1. The lowest BCUT2D eigenvalue weighted by molar-refractivity contribution is -0.121. The van der Waals surface area contributed by atoms with E-state index in [1.165, 1.54) is 0 Å². The highest BCUT2D eigenvalue weighted by atomic mass is 16.5. The van der Waals surface area contributed by atoms with Crippen LogP contribution in [0.15, 0.2) is 48.1 Å². The number of aliphatic imine (C=N–C) groups is 1. The molecule has 0 atom stereocenters. The Balaban J connectivity index is 1.87. The van der Waals surface area contributed by atoms with Crippen molar-refractivity contribution in [3.05, 3.63) is 70.9 Å². The fraction of sp³-hybridized carbons (Fsp3) is 0.308. The molecule has 1 aromatic heterocycles. The van der Waals surface area contributed by atoms with Crippen molar-refractivity contribution in [2.24, 2.45) is 4.99 Å². The van der Waals surface area contributed by atoms with Crippen LogP contribution in [0.2, 0.25) is 0 Å². The maximum absolute atomic E-state index is 12.7. The van der Waals surface area contributed by atoms with Gasteiger partial charge >= 0.3 is 0 Å². The third-order valence-corrected chi connectivity index (χ3v) is 5.24. The molecule has 0 fully saturated rings. The highest BCUT2D eigenvalue weighted by molar-refractivity contribution is 6.15. The Hall–Kier alpha value is -3.74. The fourth-order valence-corrected chi connectivity index (χ4v) is 3.45. The number of ether oxygens (including phenoxy) is 1. The van der Waals surface area contributed by atoms with E-state index in [2.05, 4.69) is 22.2 Å². The second-order valence-electron chi connectivity index (χ2n) is 7.77. The van der Waals surface area contributed by atoms with Crippen LogP contribution in [-0.2, 0) is 16.1 Å². The monoisotopic (exact) mass is 446 g/mol. The summed E-state index contributed by atoms with van der Waals surface area (Å²) in [6, 6.07) is 7.63. The van der Waals surface area contributed by atoms with E-state index in [-0.39, 0.29) is 11.8 Å². The molecule has 0 unspecified atom stereocenters. The largest absolute Gasteiger partial charge is 0.478 e. The molecule has 0 saturated carbocycles. The van der Waals surface area contributed by atoms with E-state index in [9.17, 15) is 9.59 Å². The topological polar surface area (TPSA) is 92.7 Å². The van der Waals surface area contributed by atoms with Gasteiger partial charge in [-0.15, -0.1) is 0 Å². The maximum Gasteiger partial charge on any atom is 0.249 e. The molecule has 172 valence electrons. The molecule has 0 spiro atoms. The summed E-state index contributed by atoms with van der Waals surface area (Å²) in [6.07, 6.45) is 6.35. The van der Waals surface area contributed by atoms with Gasteiger partial charge in [0.2, 0.25) is 17.7 Å². The SMILES string of the molecule is C=Cc1ccc(CNC(=O)CC)cc1C1=NCC(c2cnc(OCCC)cc2C)=CC(=O)N1. The fourth-order valence-electron chi connectivity index (χ4n) is 3.45. The van der Waals surface area contributed by atoms with E-state index in [0.29, 0.717) is 37.8 Å². The van der Waals surface area contributed by atoms with E-state index >= 15 is 0 Å². The Morgan fingerprint density at radius 1 is 1.27 bits per heavy atom. The zero-order chi connectivity index (χ0) is 23.8. The first-order chi connectivity index (χ1) is 15.9. The molecule has 1 aliphatic rings. The number of benzene rings is 1. The van der Waals surface area contributed by atoms with E-state index in [1.807, 2.05) is 45.0 Å². The number of carbonyl (C=O) groups excluding carboxylic acids is 2. The molecule has 3 rings (SSSR count). The van der Waals surface area contributed by atoms with E-state index in [1.54, 1.807) is 18.3 Å². The molecule has 2 heterocycles. The van der Waals surface area contributed by atoms with Gasteiger partial charge in [-0.1, -0.05) is 38.6 Å². The predicted molar refractivity (Wildman–Crippen MR) is 131 cm³/mol. The second-order valence-corrected chi connectivity index (χ2v) is 7.77. The predicted octanol–water partition coefficient (Wildman–Crippen LogP) is 3.81. The van der Waals surface area contributed by atoms with Gasteiger partial charge in [0.25, 0.3) is 0 Å². The molecule has 0 radical (unpaired) electrons. The van der Waals surface area contributed by atoms with Gasteiger partial charge in [-0.3, -0.25) is 14.6 Å². The van der Waals surface area contributed by atoms with Crippen molar-refractivity contribution >= 4 is 29.3 Å². The van der Waals surface area contributed by atoms with Crippen LogP contribution in [0.3, 0.4) is 0 Å². The zero-order valence-electron chi connectivity index (χ0n) is 19.4. The Bertz CT molecular complexity index is 1120. The quantitative estimate of drug-likeness (QED) is 0.613. The zero-order valence-corrected chi connectivity index (χ0v) is 19.4. The maximum atomic E-state index is 12.7. The first kappa shape index (κ1) is 23.9. The summed E-state index contributed by atoms with van der Waals surface area (Å²) < 4.78 is 5.60. The van der Waals surface area contributed by atoms with Crippen LogP contribution in [0.25, 0.3) is 11.6 Å². The average Bonchev–Trinajstić information content (AvgIpc) is 3.02. The van der Waals surface area contributed by atoms with Crippen molar-refractivity contribution in [3.8, 4) is 5.88 Å². The number of pyridine rings is 1. The third kappa shape index (κ3) is 6.16. The molecular weight excluding hydrogens is 416 g/mol. The number of amides is 2. The average molecular weight is 447 g/mol. The van der Waals surface area contributed by atoms with Gasteiger partial charge in [0.05, 0.1) is 13.2 Å². The van der Waals surface area contributed by atoms with Gasteiger partial charge in [0.15, 0.2) is 0 Å². The number of carbonyl (C=O) groups is 2. The Morgan fingerprint density at radius 3 is 2.79 bits per heavy atom. The molecule has 2 N–H and O–H groups in total. The smallest absolute Gasteiger partial charge is 0.249 e. The summed E-state index contributed by atoms with van der Waals surface area (Å²) in [5.74, 6) is 0.766. The second kappa shape index (κ2) is 11.2. The minimum atomic E-state index is -0.258. The number of aryl methyl sites for hydroxylation is 1. The van der Waals surface area contributed by atoms with Crippen LogP contribution in [0.1, 0.15) is 54.5 Å². The van der Waals surface area contributed by atoms with Crippen molar-refractivity contribution < 1.29 is 14.3 Å². The first-order valence-electron chi connectivity index (χ1n) is 11.1. The Morgan fingerprint density at radius 2 is 2.09 bits per heavy atom. The molecule has 33 heavy (non-hydrogen) atoms. The van der Waals surface area contributed by atoms with Crippen molar-refractivity contribution in [3.63, 3.8) is 0 Å². The highest BCUT2D eigenvalue weighted by Gasteiger charge is 2.18. The number of nitrogens with one attached hydrogen (secondary N) is 2. The number of hydrogen-bond donors (Lipinski definition) is 2. The number of nitrogens with zero attached hydrogens (tertiary/aromatic N) is 2. The summed E-state index contributed by atoms with van der Waals surface area (Å²) in [5, 5.41) is 5.76. The van der Waals surface area contributed by atoms with Gasteiger partial charge in [-0.2, -0.15) is 0 Å².